The van der Waals surface area contributed by atoms with Crippen molar-refractivity contribution < 1.29 is 104 Å². The van der Waals surface area contributed by atoms with Gasteiger partial charge in [0.1, 0.15) is 6.54 Å². The minimum Gasteiger partial charge on any atom is -0.357 e. The van der Waals surface area contributed by atoms with Crippen LogP contribution >= 0.6 is 0 Å². The van der Waals surface area contributed by atoms with Crippen LogP contribution in [0.1, 0.15) is 18.9 Å². The number of hydrogen-bond donors (Lipinski definition) is 0. The first kappa shape index (κ1) is 40.7. The summed E-state index contributed by atoms with van der Waals surface area (Å²) < 4.78 is 102. The van der Waals surface area contributed by atoms with Crippen molar-refractivity contribution in [3.8, 4) is 0 Å². The molecule has 1 rings (SSSR count). The van der Waals surface area contributed by atoms with E-state index in [2.05, 4.69) is 51.4 Å². The van der Waals surface area contributed by atoms with Crippen LogP contribution in [0.4, 0.5) is 0 Å². The molecular formula is C12H20AlCl4NO12. The average Bonchev–Trinajstić information content (AvgIpc) is 2.45. The zero-order chi connectivity index (χ0) is 24.0. The maximum absolute atomic E-state index is 8.41. The Morgan fingerprint density at radius 1 is 0.633 bits per heavy atom. The van der Waals surface area contributed by atoms with E-state index in [1.54, 1.807) is 0 Å². The summed E-state index contributed by atoms with van der Waals surface area (Å²) in [4.78, 5) is 0. The third-order valence-corrected chi connectivity index (χ3v) is 2.28. The molecule has 0 saturated heterocycles. The van der Waals surface area contributed by atoms with Gasteiger partial charge in [-0.25, -0.2) is 0 Å². The molecule has 0 atom stereocenters. The van der Waals surface area contributed by atoms with Gasteiger partial charge in [-0.3, -0.25) is 0 Å². The van der Waals surface area contributed by atoms with Crippen molar-refractivity contribution >= 4 is 17.4 Å². The maximum atomic E-state index is 8.41. The molecule has 0 N–H and O–H groups in total. The van der Waals surface area contributed by atoms with Gasteiger partial charge < -0.3 is 60.4 Å². The van der Waals surface area contributed by atoms with Crippen LogP contribution < -0.4 is 55.9 Å². The normalized spacial score (nSPS) is 9.83. The molecule has 0 unspecified atom stereocenters. The summed E-state index contributed by atoms with van der Waals surface area (Å²) in [7, 11) is -6.83. The topological polar surface area (TPSA) is 277 Å². The Labute approximate surface area is 197 Å². The van der Waals surface area contributed by atoms with Gasteiger partial charge in [-0.15, -0.1) is 0 Å². The van der Waals surface area contributed by atoms with E-state index >= 15 is 0 Å². The van der Waals surface area contributed by atoms with E-state index < -0.39 is 43.1 Å². The van der Waals surface area contributed by atoms with Gasteiger partial charge in [-0.05, 0) is 6.42 Å². The zero-order valence-corrected chi connectivity index (χ0v) is 20.1. The fraction of sp³-hybridized carbons (Fsp3) is 0.500. The van der Waals surface area contributed by atoms with Gasteiger partial charge >= 0.3 is 17.4 Å². The molecule has 176 valence electrons. The van der Waals surface area contributed by atoms with Crippen LogP contribution in [-0.2, 0) is 6.54 Å². The molecule has 0 amide bonds. The number of halogens is 4. The predicted molar refractivity (Wildman–Crippen MR) is 63.2 cm³/mol. The Morgan fingerprint density at radius 2 is 0.900 bits per heavy atom. The van der Waals surface area contributed by atoms with E-state index in [-0.39, 0.29) is 17.4 Å². The van der Waals surface area contributed by atoms with E-state index in [0.717, 1.165) is 11.0 Å². The molecule has 0 aliphatic carbocycles. The third-order valence-electron chi connectivity index (χ3n) is 2.28. The van der Waals surface area contributed by atoms with Crippen LogP contribution in [0.3, 0.4) is 0 Å². The zero-order valence-electron chi connectivity index (χ0n) is 15.9. The minimum absolute atomic E-state index is 0. The Bertz CT molecular complexity index is 400. The van der Waals surface area contributed by atoms with Crippen LogP contribution in [0.25, 0.3) is 0 Å². The van der Waals surface area contributed by atoms with Crippen molar-refractivity contribution in [3.63, 3.8) is 0 Å². The van der Waals surface area contributed by atoms with E-state index in [1.165, 1.54) is 18.5 Å². The molecule has 0 spiro atoms. The van der Waals surface area contributed by atoms with Crippen LogP contribution in [0.2, 0.25) is 0 Å². The van der Waals surface area contributed by atoms with Crippen LogP contribution in [0.15, 0.2) is 30.3 Å². The van der Waals surface area contributed by atoms with Gasteiger partial charge in [0.2, 0.25) is 0 Å². The molecule has 0 aliphatic rings. The van der Waals surface area contributed by atoms with Gasteiger partial charge in [-0.1, -0.05) is 37.3 Å². The Hall–Kier alpha value is 0.392. The SMILES string of the molecule is CCC[N+](C)(C)Cc1ccccc1.[Al+3].[O-][Cl+2]([O-])[O-].[O-][Cl+2]([O-])[O-].[O-][Cl+2]([O-])[O-].[O-][Cl+2]([O-])[O-]. The Morgan fingerprint density at radius 3 is 1.13 bits per heavy atom. The average molecular weight is 539 g/mol. The molecule has 0 aromatic heterocycles. The van der Waals surface area contributed by atoms with E-state index in [0.29, 0.717) is 0 Å². The standard InChI is InChI=1S/C12H20N.Al.4ClO3/c1-4-10-13(2,3)11-12-8-6-5-7-9-12;;4*2-1(3)4/h5-9H,4,10-11H2,1-3H3;;;;;/q+1;+3;4*-1. The first-order valence-electron chi connectivity index (χ1n) is 6.85. The number of quaternary nitrogens is 1. The van der Waals surface area contributed by atoms with Gasteiger partial charge in [-0.2, -0.15) is 0 Å². The fourth-order valence-electron chi connectivity index (χ4n) is 1.76. The largest absolute Gasteiger partial charge is 3.00 e. The molecule has 0 fully saturated rings. The van der Waals surface area contributed by atoms with Crippen molar-refractivity contribution in [2.75, 3.05) is 20.6 Å². The molecule has 0 bridgehead atoms. The first-order valence-corrected chi connectivity index (χ1v) is 10.6. The van der Waals surface area contributed by atoms with E-state index in [1.807, 2.05) is 0 Å². The van der Waals surface area contributed by atoms with Crippen molar-refractivity contribution in [2.24, 2.45) is 0 Å². The molecule has 30 heavy (non-hydrogen) atoms. The van der Waals surface area contributed by atoms with Gasteiger partial charge in [0.25, 0.3) is 0 Å². The van der Waals surface area contributed by atoms with Crippen LogP contribution in [0.5, 0.6) is 0 Å². The van der Waals surface area contributed by atoms with Crippen molar-refractivity contribution in [1.82, 2.24) is 0 Å². The second-order valence-corrected chi connectivity index (χ2v) is 6.57. The monoisotopic (exact) mass is 537 g/mol. The number of benzene rings is 1. The number of rotatable bonds is 4. The summed E-state index contributed by atoms with van der Waals surface area (Å²) in [5.41, 5.74) is 1.43. The summed E-state index contributed by atoms with van der Waals surface area (Å²) >= 11 is 0. The Kier molecular flexibility index (Phi) is 37.2. The third kappa shape index (κ3) is 70.4. The molecule has 0 radical (unpaired) electrons. The van der Waals surface area contributed by atoms with Gasteiger partial charge in [0.05, 0.1) is 63.8 Å². The van der Waals surface area contributed by atoms with Crippen molar-refractivity contribution in [1.29, 1.82) is 0 Å². The number of hydrogen-bond acceptors (Lipinski definition) is 12. The van der Waals surface area contributed by atoms with Crippen LogP contribution in [-0.4, -0.2) is 42.5 Å². The molecule has 1 aromatic carbocycles. The predicted octanol–water partition coefficient (Wildman–Crippen LogP) is -12.0. The van der Waals surface area contributed by atoms with Gasteiger partial charge in [0.15, 0.2) is 0 Å². The smallest absolute Gasteiger partial charge is 0.357 e. The summed E-state index contributed by atoms with van der Waals surface area (Å²) in [6.45, 7) is 4.62. The maximum Gasteiger partial charge on any atom is 3.00 e. The summed E-state index contributed by atoms with van der Waals surface area (Å²) in [5, 5.41) is 0. The van der Waals surface area contributed by atoms with Crippen molar-refractivity contribution in [3.05, 3.63) is 35.9 Å². The summed E-state index contributed by atoms with van der Waals surface area (Å²) in [5.74, 6) is 0. The second kappa shape index (κ2) is 27.4. The fourth-order valence-corrected chi connectivity index (χ4v) is 1.76. The molecule has 0 aliphatic heterocycles. The van der Waals surface area contributed by atoms with Crippen LogP contribution in [0, 0.1) is 43.1 Å². The molecule has 13 nitrogen and oxygen atoms in total. The molecule has 18 heteroatoms. The summed E-state index contributed by atoms with van der Waals surface area (Å²) in [6.07, 6.45) is 1.25. The quantitative estimate of drug-likeness (QED) is 0.255. The van der Waals surface area contributed by atoms with E-state index in [9.17, 15) is 0 Å². The Balaban J connectivity index is -0.000000102. The van der Waals surface area contributed by atoms with Crippen molar-refractivity contribution in [2.45, 2.75) is 19.9 Å². The van der Waals surface area contributed by atoms with Gasteiger partial charge in [0, 0.05) is 5.56 Å². The molecule has 0 saturated carbocycles. The molecule has 1 aromatic rings. The molecule has 0 heterocycles. The molecular weight excluding hydrogens is 519 g/mol. The minimum atomic E-state index is -2.85. The second-order valence-electron chi connectivity index (χ2n) is 5.06. The summed E-state index contributed by atoms with van der Waals surface area (Å²) in [6, 6.07) is 10.7. The number of nitrogens with zero attached hydrogens (tertiary/aromatic N) is 1. The van der Waals surface area contributed by atoms with E-state index in [4.69, 9.17) is 55.9 Å². The first-order chi connectivity index (χ1) is 13.1.